The van der Waals surface area contributed by atoms with Gasteiger partial charge in [-0.1, -0.05) is 0 Å². The summed E-state index contributed by atoms with van der Waals surface area (Å²) in [5, 5.41) is 4.34. The molecule has 0 unspecified atom stereocenters. The van der Waals surface area contributed by atoms with Crippen LogP contribution in [0.2, 0.25) is 0 Å². The molecule has 3 aliphatic heterocycles. The molecule has 5 nitrogen and oxygen atoms in total. The molecule has 3 aliphatic rings. The summed E-state index contributed by atoms with van der Waals surface area (Å²) in [5.74, 6) is 0.998. The Morgan fingerprint density at radius 2 is 2.26 bits per heavy atom. The smallest absolute Gasteiger partial charge is 0.123 e. The number of ether oxygens (including phenoxy) is 1. The zero-order chi connectivity index (χ0) is 18.6. The molecule has 1 aromatic heterocycles. The second kappa shape index (κ2) is 6.40. The summed E-state index contributed by atoms with van der Waals surface area (Å²) in [6, 6.07) is 6.88. The normalized spacial score (nSPS) is 32.5. The van der Waals surface area contributed by atoms with Crippen molar-refractivity contribution in [3.8, 4) is 5.69 Å². The van der Waals surface area contributed by atoms with E-state index in [4.69, 9.17) is 4.74 Å². The number of benzene rings is 1. The highest BCUT2D eigenvalue weighted by Crippen LogP contribution is 2.55. The number of rotatable bonds is 5. The van der Waals surface area contributed by atoms with Crippen LogP contribution in [0.4, 0.5) is 4.39 Å². The van der Waals surface area contributed by atoms with E-state index in [9.17, 15) is 4.39 Å². The molecule has 2 bridgehead atoms. The molecule has 6 heteroatoms. The van der Waals surface area contributed by atoms with Crippen LogP contribution in [0.3, 0.4) is 0 Å². The number of aromatic nitrogens is 2. The van der Waals surface area contributed by atoms with Gasteiger partial charge in [-0.25, -0.2) is 9.07 Å². The van der Waals surface area contributed by atoms with E-state index >= 15 is 0 Å². The molecule has 27 heavy (non-hydrogen) atoms. The van der Waals surface area contributed by atoms with Crippen LogP contribution in [0.25, 0.3) is 5.69 Å². The van der Waals surface area contributed by atoms with Crippen molar-refractivity contribution in [2.24, 2.45) is 11.8 Å². The van der Waals surface area contributed by atoms with Gasteiger partial charge in [0.2, 0.25) is 0 Å². The van der Waals surface area contributed by atoms with E-state index in [-0.39, 0.29) is 11.4 Å². The first-order chi connectivity index (χ1) is 13.0. The Balaban J connectivity index is 1.39. The minimum absolute atomic E-state index is 0.0184. The minimum atomic E-state index is -0.193. The zero-order valence-corrected chi connectivity index (χ0v) is 16.0. The summed E-state index contributed by atoms with van der Waals surface area (Å²) < 4.78 is 22.3. The molecule has 4 heterocycles. The van der Waals surface area contributed by atoms with Crippen LogP contribution in [0.15, 0.2) is 36.7 Å². The third-order valence-electron chi connectivity index (χ3n) is 6.62. The first-order valence-electron chi connectivity index (χ1n) is 9.87. The molecule has 144 valence electrons. The van der Waals surface area contributed by atoms with Gasteiger partial charge < -0.3 is 9.64 Å². The van der Waals surface area contributed by atoms with Crippen LogP contribution in [0.1, 0.15) is 18.4 Å². The van der Waals surface area contributed by atoms with Crippen molar-refractivity contribution in [1.82, 2.24) is 19.6 Å². The van der Waals surface area contributed by atoms with Gasteiger partial charge in [-0.15, -0.1) is 0 Å². The summed E-state index contributed by atoms with van der Waals surface area (Å²) >= 11 is 0. The molecule has 4 atom stereocenters. The van der Waals surface area contributed by atoms with Crippen LogP contribution in [-0.4, -0.2) is 65.0 Å². The molecule has 2 aromatic rings. The standard InChI is InChI=1S/C21H27FN4O/c1-24(2)12-17-18-13-25(14-21(18)7-6-20(17)27-21)11-15-10-16(22)4-5-19(15)26-9-3-8-23-26/h3-5,8-10,17-18,20H,6-7,11-14H2,1-2H3/t17-,18+,20+,21+/m0/s1. The Morgan fingerprint density at radius 3 is 3.04 bits per heavy atom. The molecule has 3 saturated heterocycles. The van der Waals surface area contributed by atoms with Crippen molar-refractivity contribution in [2.75, 3.05) is 33.7 Å². The van der Waals surface area contributed by atoms with E-state index in [0.29, 0.717) is 17.9 Å². The van der Waals surface area contributed by atoms with Gasteiger partial charge in [0.15, 0.2) is 0 Å². The van der Waals surface area contributed by atoms with E-state index in [1.165, 1.54) is 12.5 Å². The maximum absolute atomic E-state index is 14.0. The van der Waals surface area contributed by atoms with Gasteiger partial charge in [0.05, 0.1) is 17.4 Å². The van der Waals surface area contributed by atoms with Crippen molar-refractivity contribution >= 4 is 0 Å². The average Bonchev–Trinajstić information content (AvgIpc) is 3.36. The number of fused-ring (bicyclic) bond motifs is 1. The maximum Gasteiger partial charge on any atom is 0.123 e. The fourth-order valence-corrected chi connectivity index (χ4v) is 5.63. The van der Waals surface area contributed by atoms with Gasteiger partial charge in [0.25, 0.3) is 0 Å². The SMILES string of the molecule is CN(C)C[C@H]1[C@H]2CN(Cc3cc(F)ccc3-n3cccn3)C[C@]23CC[C@H]1O3. The highest BCUT2D eigenvalue weighted by Gasteiger charge is 2.62. The third-order valence-corrected chi connectivity index (χ3v) is 6.62. The molecule has 5 rings (SSSR count). The Labute approximate surface area is 159 Å². The molecular weight excluding hydrogens is 343 g/mol. The Morgan fingerprint density at radius 1 is 1.37 bits per heavy atom. The number of halogens is 1. The second-order valence-corrected chi connectivity index (χ2v) is 8.69. The number of hydrogen-bond donors (Lipinski definition) is 0. The molecule has 3 fully saturated rings. The Kier molecular flexibility index (Phi) is 4.11. The zero-order valence-electron chi connectivity index (χ0n) is 16.0. The van der Waals surface area contributed by atoms with Crippen LogP contribution in [-0.2, 0) is 11.3 Å². The van der Waals surface area contributed by atoms with E-state index < -0.39 is 0 Å². The first kappa shape index (κ1) is 17.3. The molecule has 0 saturated carbocycles. The summed E-state index contributed by atoms with van der Waals surface area (Å²) in [6.45, 7) is 3.80. The minimum Gasteiger partial charge on any atom is -0.370 e. The van der Waals surface area contributed by atoms with Crippen LogP contribution in [0.5, 0.6) is 0 Å². The van der Waals surface area contributed by atoms with Gasteiger partial charge in [-0.3, -0.25) is 4.90 Å². The number of nitrogens with zero attached hydrogens (tertiary/aromatic N) is 4. The van der Waals surface area contributed by atoms with E-state index in [0.717, 1.165) is 43.9 Å². The molecule has 0 amide bonds. The summed E-state index contributed by atoms with van der Waals surface area (Å²) in [4.78, 5) is 4.74. The lowest BCUT2D eigenvalue weighted by atomic mass is 9.73. The van der Waals surface area contributed by atoms with Crippen molar-refractivity contribution in [3.05, 3.63) is 48.0 Å². The number of hydrogen-bond acceptors (Lipinski definition) is 4. The predicted molar refractivity (Wildman–Crippen MR) is 101 cm³/mol. The van der Waals surface area contributed by atoms with Crippen LogP contribution < -0.4 is 0 Å². The first-order valence-corrected chi connectivity index (χ1v) is 9.87. The number of likely N-dealkylation sites (tertiary alicyclic amines) is 1. The van der Waals surface area contributed by atoms with E-state index in [1.807, 2.05) is 23.0 Å². The largest absolute Gasteiger partial charge is 0.370 e. The monoisotopic (exact) mass is 370 g/mol. The van der Waals surface area contributed by atoms with Crippen molar-refractivity contribution in [2.45, 2.75) is 31.1 Å². The lowest BCUT2D eigenvalue weighted by molar-refractivity contribution is 0.00144. The Bertz CT molecular complexity index is 824. The highest BCUT2D eigenvalue weighted by molar-refractivity contribution is 5.40. The van der Waals surface area contributed by atoms with Crippen molar-refractivity contribution < 1.29 is 9.13 Å². The molecule has 1 spiro atoms. The fourth-order valence-electron chi connectivity index (χ4n) is 5.63. The second-order valence-electron chi connectivity index (χ2n) is 8.69. The average molecular weight is 370 g/mol. The van der Waals surface area contributed by atoms with Gasteiger partial charge in [-0.2, -0.15) is 5.10 Å². The molecule has 0 aliphatic carbocycles. The molecule has 0 N–H and O–H groups in total. The fraction of sp³-hybridized carbons (Fsp3) is 0.571. The lowest BCUT2D eigenvalue weighted by Crippen LogP contribution is -2.40. The molecular formula is C21H27FN4O. The Hall–Kier alpha value is -1.76. The summed E-state index contributed by atoms with van der Waals surface area (Å²) in [7, 11) is 4.29. The molecule has 0 radical (unpaired) electrons. The predicted octanol–water partition coefficient (Wildman–Crippen LogP) is 2.55. The summed E-state index contributed by atoms with van der Waals surface area (Å²) in [5.41, 5.74) is 1.95. The van der Waals surface area contributed by atoms with Crippen LogP contribution in [0, 0.1) is 17.7 Å². The highest BCUT2D eigenvalue weighted by atomic mass is 19.1. The quantitative estimate of drug-likeness (QED) is 0.810. The van der Waals surface area contributed by atoms with Gasteiger partial charge in [0, 0.05) is 50.4 Å². The summed E-state index contributed by atoms with van der Waals surface area (Å²) in [6.07, 6.45) is 6.43. The molecule has 1 aromatic carbocycles. The van der Waals surface area contributed by atoms with Crippen molar-refractivity contribution in [1.29, 1.82) is 0 Å². The van der Waals surface area contributed by atoms with Crippen molar-refractivity contribution in [3.63, 3.8) is 0 Å². The van der Waals surface area contributed by atoms with Gasteiger partial charge >= 0.3 is 0 Å². The van der Waals surface area contributed by atoms with Crippen LogP contribution >= 0.6 is 0 Å². The third kappa shape index (κ3) is 2.91. The maximum atomic E-state index is 14.0. The van der Waals surface area contributed by atoms with Gasteiger partial charge in [-0.05, 0) is 56.8 Å². The topological polar surface area (TPSA) is 33.5 Å². The lowest BCUT2D eigenvalue weighted by Gasteiger charge is -2.31. The van der Waals surface area contributed by atoms with Gasteiger partial charge in [0.1, 0.15) is 5.82 Å². The van der Waals surface area contributed by atoms with E-state index in [2.05, 4.69) is 29.0 Å². The van der Waals surface area contributed by atoms with E-state index in [1.54, 1.807) is 12.3 Å².